The van der Waals surface area contributed by atoms with Crippen molar-refractivity contribution in [3.05, 3.63) is 42.2 Å². The number of hydrogen-bond donors (Lipinski definition) is 0. The van der Waals surface area contributed by atoms with E-state index in [-0.39, 0.29) is 11.8 Å². The highest BCUT2D eigenvalue weighted by Crippen LogP contribution is 2.32. The van der Waals surface area contributed by atoms with Crippen molar-refractivity contribution in [2.75, 3.05) is 32.8 Å². The van der Waals surface area contributed by atoms with E-state index in [9.17, 15) is 9.59 Å². The predicted octanol–water partition coefficient (Wildman–Crippen LogP) is 2.48. The van der Waals surface area contributed by atoms with E-state index in [0.717, 1.165) is 17.3 Å². The second-order valence-electron chi connectivity index (χ2n) is 7.39. The summed E-state index contributed by atoms with van der Waals surface area (Å²) in [5, 5.41) is 2.04. The fraction of sp³-hybridized carbons (Fsp3) is 0.476. The summed E-state index contributed by atoms with van der Waals surface area (Å²) in [6.45, 7) is 5.12. The van der Waals surface area contributed by atoms with E-state index in [2.05, 4.69) is 4.98 Å². The van der Waals surface area contributed by atoms with Crippen molar-refractivity contribution in [2.24, 2.45) is 0 Å². The number of amides is 2. The molecule has 3 heterocycles. The van der Waals surface area contributed by atoms with Gasteiger partial charge in [0.2, 0.25) is 5.91 Å². The largest absolute Gasteiger partial charge is 0.372 e. The molecule has 0 N–H and O–H groups in total. The Morgan fingerprint density at radius 3 is 2.67 bits per heavy atom. The molecule has 27 heavy (non-hydrogen) atoms. The molecule has 0 atom stereocenters. The van der Waals surface area contributed by atoms with Crippen molar-refractivity contribution in [3.63, 3.8) is 0 Å². The maximum absolute atomic E-state index is 12.9. The number of carbonyl (C=O) groups is 2. The Labute approximate surface area is 159 Å². The maximum Gasteiger partial charge on any atom is 0.272 e. The van der Waals surface area contributed by atoms with Gasteiger partial charge in [0.05, 0.1) is 18.6 Å². The Bertz CT molecular complexity index is 859. The second-order valence-corrected chi connectivity index (χ2v) is 7.39. The van der Waals surface area contributed by atoms with Crippen LogP contribution in [0.5, 0.6) is 0 Å². The van der Waals surface area contributed by atoms with E-state index in [4.69, 9.17) is 4.74 Å². The number of nitrogens with zero attached hydrogens (tertiary/aromatic N) is 3. The minimum absolute atomic E-state index is 0.0502. The van der Waals surface area contributed by atoms with E-state index >= 15 is 0 Å². The molecular formula is C21H25N3O3. The van der Waals surface area contributed by atoms with Crippen molar-refractivity contribution in [3.8, 4) is 0 Å². The van der Waals surface area contributed by atoms with Crippen LogP contribution in [0.2, 0.25) is 0 Å². The highest BCUT2D eigenvalue weighted by atomic mass is 16.5. The third kappa shape index (κ3) is 3.54. The lowest BCUT2D eigenvalue weighted by Gasteiger charge is -2.40. The summed E-state index contributed by atoms with van der Waals surface area (Å²) in [6.07, 6.45) is 3.54. The second kappa shape index (κ2) is 7.27. The Kier molecular flexibility index (Phi) is 4.83. The van der Waals surface area contributed by atoms with Crippen LogP contribution in [0.25, 0.3) is 10.8 Å². The molecule has 1 spiro atoms. The molecule has 2 aromatic rings. The molecule has 0 aliphatic carbocycles. The van der Waals surface area contributed by atoms with Gasteiger partial charge in [-0.3, -0.25) is 14.6 Å². The average Bonchev–Trinajstić information content (AvgIpc) is 2.85. The molecule has 2 saturated heterocycles. The van der Waals surface area contributed by atoms with Gasteiger partial charge >= 0.3 is 0 Å². The lowest BCUT2D eigenvalue weighted by atomic mass is 9.87. The topological polar surface area (TPSA) is 62.7 Å². The molecule has 0 bridgehead atoms. The Balaban J connectivity index is 1.45. The van der Waals surface area contributed by atoms with Gasteiger partial charge in [0, 0.05) is 37.8 Å². The van der Waals surface area contributed by atoms with E-state index in [1.807, 2.05) is 47.1 Å². The third-order valence-electron chi connectivity index (χ3n) is 5.79. The van der Waals surface area contributed by atoms with Gasteiger partial charge in [-0.25, -0.2) is 0 Å². The average molecular weight is 367 g/mol. The van der Waals surface area contributed by atoms with Crippen LogP contribution in [0.15, 0.2) is 36.5 Å². The standard InChI is InChI=1S/C21H25N3O3/c1-2-23-11-12-27-21(14-19(23)25)7-9-24(10-8-21)20(26)18-13-16-5-3-4-6-17(16)15-22-18/h3-6,13,15H,2,7-12,14H2,1H3. The molecule has 1 aromatic carbocycles. The van der Waals surface area contributed by atoms with Crippen molar-refractivity contribution < 1.29 is 14.3 Å². The van der Waals surface area contributed by atoms with Crippen LogP contribution in [-0.2, 0) is 9.53 Å². The summed E-state index contributed by atoms with van der Waals surface area (Å²) in [6, 6.07) is 9.75. The maximum atomic E-state index is 12.9. The first kappa shape index (κ1) is 17.9. The Hall–Kier alpha value is -2.47. The molecule has 6 heteroatoms. The lowest BCUT2D eigenvalue weighted by Crippen LogP contribution is -2.49. The van der Waals surface area contributed by atoms with Gasteiger partial charge in [0.25, 0.3) is 5.91 Å². The zero-order valence-electron chi connectivity index (χ0n) is 15.7. The van der Waals surface area contributed by atoms with Gasteiger partial charge in [-0.05, 0) is 31.2 Å². The molecule has 4 rings (SSSR count). The number of carbonyl (C=O) groups excluding carboxylic acids is 2. The summed E-state index contributed by atoms with van der Waals surface area (Å²) in [4.78, 5) is 33.4. The molecule has 2 fully saturated rings. The summed E-state index contributed by atoms with van der Waals surface area (Å²) in [5.74, 6) is 0.108. The molecule has 2 aliphatic heterocycles. The normalized spacial score (nSPS) is 20.1. The fourth-order valence-electron chi connectivity index (χ4n) is 4.07. The third-order valence-corrected chi connectivity index (χ3v) is 5.79. The molecule has 142 valence electrons. The van der Waals surface area contributed by atoms with E-state index < -0.39 is 5.60 Å². The number of likely N-dealkylation sites (tertiary alicyclic amines) is 1. The highest BCUT2D eigenvalue weighted by Gasteiger charge is 2.41. The van der Waals surface area contributed by atoms with Crippen LogP contribution in [0, 0.1) is 0 Å². The number of hydrogen-bond acceptors (Lipinski definition) is 4. The smallest absolute Gasteiger partial charge is 0.272 e. The van der Waals surface area contributed by atoms with Crippen molar-refractivity contribution in [1.29, 1.82) is 0 Å². The number of aromatic nitrogens is 1. The number of piperidine rings is 1. The number of rotatable bonds is 2. The molecule has 2 aliphatic rings. The summed E-state index contributed by atoms with van der Waals surface area (Å²) < 4.78 is 6.11. The van der Waals surface area contributed by atoms with Crippen LogP contribution in [0.3, 0.4) is 0 Å². The summed E-state index contributed by atoms with van der Waals surface area (Å²) >= 11 is 0. The highest BCUT2D eigenvalue weighted by molar-refractivity contribution is 5.96. The van der Waals surface area contributed by atoms with Gasteiger partial charge in [0.15, 0.2) is 0 Å². The Morgan fingerprint density at radius 1 is 1.19 bits per heavy atom. The molecule has 2 amide bonds. The molecular weight excluding hydrogens is 342 g/mol. The molecule has 0 saturated carbocycles. The van der Waals surface area contributed by atoms with Gasteiger partial charge in [-0.2, -0.15) is 0 Å². The number of fused-ring (bicyclic) bond motifs is 1. The van der Waals surface area contributed by atoms with Gasteiger partial charge in [-0.1, -0.05) is 24.3 Å². The Morgan fingerprint density at radius 2 is 1.93 bits per heavy atom. The quantitative estimate of drug-likeness (QED) is 0.818. The minimum Gasteiger partial charge on any atom is -0.372 e. The number of pyridine rings is 1. The van der Waals surface area contributed by atoms with Crippen LogP contribution in [0.4, 0.5) is 0 Å². The van der Waals surface area contributed by atoms with E-state index in [1.54, 1.807) is 6.20 Å². The van der Waals surface area contributed by atoms with Gasteiger partial charge in [0.1, 0.15) is 5.69 Å². The summed E-state index contributed by atoms with van der Waals surface area (Å²) in [7, 11) is 0. The first-order valence-electron chi connectivity index (χ1n) is 9.66. The number of ether oxygens (including phenoxy) is 1. The molecule has 1 aromatic heterocycles. The SMILES string of the molecule is CCN1CCOC2(CCN(C(=O)c3cc4ccccc4cn3)CC2)CC1=O. The van der Waals surface area contributed by atoms with E-state index in [1.165, 1.54) is 0 Å². The van der Waals surface area contributed by atoms with Gasteiger partial charge < -0.3 is 14.5 Å². The first-order chi connectivity index (χ1) is 13.1. The van der Waals surface area contributed by atoms with Crippen LogP contribution in [0.1, 0.15) is 36.7 Å². The first-order valence-corrected chi connectivity index (χ1v) is 9.66. The van der Waals surface area contributed by atoms with E-state index in [0.29, 0.717) is 51.2 Å². The van der Waals surface area contributed by atoms with Crippen LogP contribution in [-0.4, -0.2) is 65.0 Å². The van der Waals surface area contributed by atoms with Crippen LogP contribution < -0.4 is 0 Å². The fourth-order valence-corrected chi connectivity index (χ4v) is 4.07. The monoisotopic (exact) mass is 367 g/mol. The zero-order valence-corrected chi connectivity index (χ0v) is 15.7. The van der Waals surface area contributed by atoms with Crippen molar-refractivity contribution in [1.82, 2.24) is 14.8 Å². The molecule has 0 radical (unpaired) electrons. The molecule has 0 unspecified atom stereocenters. The molecule has 6 nitrogen and oxygen atoms in total. The number of likely N-dealkylation sites (N-methyl/N-ethyl adjacent to an activating group) is 1. The van der Waals surface area contributed by atoms with Crippen LogP contribution >= 0.6 is 0 Å². The predicted molar refractivity (Wildman–Crippen MR) is 102 cm³/mol. The summed E-state index contributed by atoms with van der Waals surface area (Å²) in [5.41, 5.74) is 0.0499. The number of benzene rings is 1. The van der Waals surface area contributed by atoms with Gasteiger partial charge in [-0.15, -0.1) is 0 Å². The minimum atomic E-state index is -0.422. The lowest BCUT2D eigenvalue weighted by molar-refractivity contribution is -0.134. The zero-order chi connectivity index (χ0) is 18.9. The van der Waals surface area contributed by atoms with Crippen molar-refractivity contribution >= 4 is 22.6 Å². The van der Waals surface area contributed by atoms with Crippen molar-refractivity contribution in [2.45, 2.75) is 31.8 Å².